The molecule has 0 spiro atoms. The minimum atomic E-state index is -0.0438. The van der Waals surface area contributed by atoms with Crippen LogP contribution in [-0.4, -0.2) is 16.9 Å². The van der Waals surface area contributed by atoms with Gasteiger partial charge < -0.3 is 5.32 Å². The van der Waals surface area contributed by atoms with Crippen molar-refractivity contribution in [2.24, 2.45) is 0 Å². The molecule has 1 fully saturated rings. The van der Waals surface area contributed by atoms with Crippen molar-refractivity contribution >= 4 is 16.7 Å². The molecule has 0 atom stereocenters. The van der Waals surface area contributed by atoms with Crippen LogP contribution >= 0.6 is 0 Å². The number of carbonyl (C=O) groups is 1. The molecule has 1 aliphatic carbocycles. The molecule has 19 heavy (non-hydrogen) atoms. The molecule has 1 N–H and O–H groups in total. The van der Waals surface area contributed by atoms with Crippen molar-refractivity contribution in [1.82, 2.24) is 10.3 Å². The van der Waals surface area contributed by atoms with E-state index in [0.717, 1.165) is 23.6 Å². The molecule has 1 heterocycles. The Balaban J connectivity index is 1.77. The number of rotatable bonds is 2. The third-order valence-corrected chi connectivity index (χ3v) is 3.80. The number of aromatic nitrogens is 1. The molecule has 0 aliphatic heterocycles. The van der Waals surface area contributed by atoms with E-state index in [2.05, 4.69) is 10.3 Å². The lowest BCUT2D eigenvalue weighted by atomic mass is 9.95. The van der Waals surface area contributed by atoms with Crippen LogP contribution in [0, 0.1) is 0 Å². The predicted octanol–water partition coefficient (Wildman–Crippen LogP) is 3.30. The molecular weight excluding hydrogens is 236 g/mol. The Bertz CT molecular complexity index is 588. The second-order valence-corrected chi connectivity index (χ2v) is 5.23. The van der Waals surface area contributed by atoms with E-state index in [1.807, 2.05) is 30.3 Å². The van der Waals surface area contributed by atoms with E-state index in [-0.39, 0.29) is 5.91 Å². The van der Waals surface area contributed by atoms with Gasteiger partial charge in [-0.05, 0) is 24.3 Å². The van der Waals surface area contributed by atoms with Crippen LogP contribution in [0.4, 0.5) is 0 Å². The number of amides is 1. The highest BCUT2D eigenvalue weighted by molar-refractivity contribution is 5.96. The summed E-state index contributed by atoms with van der Waals surface area (Å²) in [5.74, 6) is -0.0438. The topological polar surface area (TPSA) is 42.0 Å². The highest BCUT2D eigenvalue weighted by Gasteiger charge is 2.17. The fraction of sp³-hybridized carbons (Fsp3) is 0.375. The Morgan fingerprint density at radius 3 is 2.63 bits per heavy atom. The van der Waals surface area contributed by atoms with Crippen molar-refractivity contribution in [3.8, 4) is 0 Å². The van der Waals surface area contributed by atoms with E-state index in [9.17, 15) is 4.79 Å². The molecule has 3 rings (SSSR count). The van der Waals surface area contributed by atoms with Crippen LogP contribution in [0.3, 0.4) is 0 Å². The van der Waals surface area contributed by atoms with Crippen LogP contribution in [0.2, 0.25) is 0 Å². The summed E-state index contributed by atoms with van der Waals surface area (Å²) in [5, 5.41) is 5.23. The van der Waals surface area contributed by atoms with Crippen LogP contribution in [0.1, 0.15) is 42.6 Å². The predicted molar refractivity (Wildman–Crippen MR) is 76.1 cm³/mol. The average Bonchev–Trinajstić information content (AvgIpc) is 2.48. The highest BCUT2D eigenvalue weighted by atomic mass is 16.1. The number of nitrogens with one attached hydrogen (secondary N) is 1. The zero-order valence-electron chi connectivity index (χ0n) is 10.9. The third kappa shape index (κ3) is 2.75. The van der Waals surface area contributed by atoms with E-state index in [0.29, 0.717) is 11.7 Å². The Morgan fingerprint density at radius 1 is 1.11 bits per heavy atom. The third-order valence-electron chi connectivity index (χ3n) is 3.80. The number of carbonyl (C=O) groups excluding carboxylic acids is 1. The first kappa shape index (κ1) is 12.2. The highest BCUT2D eigenvalue weighted by Crippen LogP contribution is 2.18. The average molecular weight is 254 g/mol. The minimum Gasteiger partial charge on any atom is -0.348 e. The molecule has 0 bridgehead atoms. The van der Waals surface area contributed by atoms with Crippen LogP contribution in [0.25, 0.3) is 10.8 Å². The maximum absolute atomic E-state index is 12.2. The van der Waals surface area contributed by atoms with Crippen LogP contribution in [0.5, 0.6) is 0 Å². The molecule has 1 aromatic carbocycles. The molecule has 98 valence electrons. The fourth-order valence-electron chi connectivity index (χ4n) is 2.71. The molecule has 0 radical (unpaired) electrons. The van der Waals surface area contributed by atoms with Crippen molar-refractivity contribution in [1.29, 1.82) is 0 Å². The summed E-state index contributed by atoms with van der Waals surface area (Å²) in [7, 11) is 0. The van der Waals surface area contributed by atoms with Gasteiger partial charge in [0.05, 0.1) is 0 Å². The molecule has 1 saturated carbocycles. The van der Waals surface area contributed by atoms with Gasteiger partial charge in [-0.15, -0.1) is 0 Å². The maximum Gasteiger partial charge on any atom is 0.270 e. The van der Waals surface area contributed by atoms with Gasteiger partial charge in [-0.25, -0.2) is 0 Å². The van der Waals surface area contributed by atoms with Crippen molar-refractivity contribution < 1.29 is 4.79 Å². The number of fused-ring (bicyclic) bond motifs is 1. The van der Waals surface area contributed by atoms with Gasteiger partial charge in [-0.1, -0.05) is 43.5 Å². The molecule has 1 aromatic heterocycles. The zero-order chi connectivity index (χ0) is 13.1. The van der Waals surface area contributed by atoms with Crippen molar-refractivity contribution in [2.75, 3.05) is 0 Å². The second-order valence-electron chi connectivity index (χ2n) is 5.23. The van der Waals surface area contributed by atoms with Crippen LogP contribution < -0.4 is 5.32 Å². The standard InChI is InChI=1S/C16H18N2O/c19-16(18-14-8-2-1-3-9-14)15-10-12-6-4-5-7-13(12)11-17-15/h4-7,10-11,14H,1-3,8-9H2,(H,18,19). The van der Waals surface area contributed by atoms with Gasteiger partial charge in [-0.3, -0.25) is 9.78 Å². The maximum atomic E-state index is 12.2. The van der Waals surface area contributed by atoms with Gasteiger partial charge >= 0.3 is 0 Å². The molecule has 1 amide bonds. The lowest BCUT2D eigenvalue weighted by molar-refractivity contribution is 0.0923. The van der Waals surface area contributed by atoms with E-state index in [4.69, 9.17) is 0 Å². The van der Waals surface area contributed by atoms with Gasteiger partial charge in [0.15, 0.2) is 0 Å². The van der Waals surface area contributed by atoms with Crippen molar-refractivity contribution in [3.05, 3.63) is 42.2 Å². The molecule has 0 saturated heterocycles. The zero-order valence-corrected chi connectivity index (χ0v) is 10.9. The smallest absolute Gasteiger partial charge is 0.270 e. The lowest BCUT2D eigenvalue weighted by Gasteiger charge is -2.22. The Labute approximate surface area is 113 Å². The summed E-state index contributed by atoms with van der Waals surface area (Å²) in [6.45, 7) is 0. The van der Waals surface area contributed by atoms with E-state index in [1.54, 1.807) is 6.20 Å². The number of nitrogens with zero attached hydrogens (tertiary/aromatic N) is 1. The first-order chi connectivity index (χ1) is 9.33. The molecule has 0 unspecified atom stereocenters. The van der Waals surface area contributed by atoms with Crippen LogP contribution in [0.15, 0.2) is 36.5 Å². The summed E-state index contributed by atoms with van der Waals surface area (Å²) < 4.78 is 0. The summed E-state index contributed by atoms with van der Waals surface area (Å²) in [5.41, 5.74) is 0.518. The first-order valence-corrected chi connectivity index (χ1v) is 6.98. The Morgan fingerprint density at radius 2 is 1.84 bits per heavy atom. The van der Waals surface area contributed by atoms with Gasteiger partial charge in [-0.2, -0.15) is 0 Å². The summed E-state index contributed by atoms with van der Waals surface area (Å²) in [4.78, 5) is 16.4. The number of benzene rings is 1. The fourth-order valence-corrected chi connectivity index (χ4v) is 2.71. The largest absolute Gasteiger partial charge is 0.348 e. The molecule has 3 heteroatoms. The lowest BCUT2D eigenvalue weighted by Crippen LogP contribution is -2.36. The minimum absolute atomic E-state index is 0.0438. The Kier molecular flexibility index (Phi) is 3.45. The molecule has 1 aliphatic rings. The van der Waals surface area contributed by atoms with E-state index < -0.39 is 0 Å². The van der Waals surface area contributed by atoms with Crippen molar-refractivity contribution in [3.63, 3.8) is 0 Å². The summed E-state index contributed by atoms with van der Waals surface area (Å²) in [6.07, 6.45) is 7.69. The van der Waals surface area contributed by atoms with E-state index >= 15 is 0 Å². The second kappa shape index (κ2) is 5.39. The number of pyridine rings is 1. The first-order valence-electron chi connectivity index (χ1n) is 6.98. The number of hydrogen-bond donors (Lipinski definition) is 1. The molecule has 3 nitrogen and oxygen atoms in total. The monoisotopic (exact) mass is 254 g/mol. The number of hydrogen-bond acceptors (Lipinski definition) is 2. The van der Waals surface area contributed by atoms with E-state index in [1.165, 1.54) is 19.3 Å². The summed E-state index contributed by atoms with van der Waals surface area (Å²) in [6, 6.07) is 10.2. The van der Waals surface area contributed by atoms with Gasteiger partial charge in [0.25, 0.3) is 5.91 Å². The molecular formula is C16H18N2O. The van der Waals surface area contributed by atoms with Gasteiger partial charge in [0.2, 0.25) is 0 Å². The van der Waals surface area contributed by atoms with Crippen molar-refractivity contribution in [2.45, 2.75) is 38.1 Å². The Hall–Kier alpha value is -1.90. The van der Waals surface area contributed by atoms with Gasteiger partial charge in [0.1, 0.15) is 5.69 Å². The van der Waals surface area contributed by atoms with Crippen LogP contribution in [-0.2, 0) is 0 Å². The molecule has 2 aromatic rings. The SMILES string of the molecule is O=C(NC1CCCCC1)c1cc2ccccc2cn1. The van der Waals surface area contributed by atoms with Gasteiger partial charge in [0, 0.05) is 17.6 Å². The quantitative estimate of drug-likeness (QED) is 0.893. The summed E-state index contributed by atoms with van der Waals surface area (Å²) >= 11 is 0. The normalized spacial score (nSPS) is 16.4.